The van der Waals surface area contributed by atoms with Gasteiger partial charge in [-0.2, -0.15) is 0 Å². The largest absolute Gasteiger partial charge is 0.550 e. The SMILES string of the molecule is CC(=O)C(CCCc1ccccc1CC(=O)[O-])C(=O)OC(C)(C)C. The zero-order valence-corrected chi connectivity index (χ0v) is 14.8. The van der Waals surface area contributed by atoms with Crippen LogP contribution in [-0.2, 0) is 32.0 Å². The van der Waals surface area contributed by atoms with Gasteiger partial charge < -0.3 is 14.6 Å². The van der Waals surface area contributed by atoms with Crippen molar-refractivity contribution in [3.8, 4) is 0 Å². The second-order valence-electron chi connectivity index (χ2n) is 6.91. The highest BCUT2D eigenvalue weighted by Gasteiger charge is 2.28. The molecule has 1 atom stereocenters. The number of carbonyl (C=O) groups excluding carboxylic acids is 3. The highest BCUT2D eigenvalue weighted by molar-refractivity contribution is 5.97. The molecule has 0 aliphatic rings. The summed E-state index contributed by atoms with van der Waals surface area (Å²) in [5.74, 6) is -2.62. The molecular formula is C19H25O5-. The summed E-state index contributed by atoms with van der Waals surface area (Å²) in [7, 11) is 0. The number of rotatable bonds is 8. The van der Waals surface area contributed by atoms with Crippen molar-refractivity contribution < 1.29 is 24.2 Å². The molecule has 0 aliphatic heterocycles. The van der Waals surface area contributed by atoms with E-state index in [4.69, 9.17) is 4.74 Å². The lowest BCUT2D eigenvalue weighted by Gasteiger charge is -2.23. The van der Waals surface area contributed by atoms with Crippen molar-refractivity contribution in [1.82, 2.24) is 0 Å². The number of ketones is 1. The summed E-state index contributed by atoms with van der Waals surface area (Å²) in [5.41, 5.74) is 0.966. The third-order valence-corrected chi connectivity index (χ3v) is 3.57. The maximum absolute atomic E-state index is 12.1. The molecule has 0 amide bonds. The lowest BCUT2D eigenvalue weighted by atomic mass is 9.94. The predicted octanol–water partition coefficient (Wildman–Crippen LogP) is 1.85. The van der Waals surface area contributed by atoms with Gasteiger partial charge in [0.25, 0.3) is 0 Å². The van der Waals surface area contributed by atoms with Gasteiger partial charge in [-0.05, 0) is 58.1 Å². The molecule has 132 valence electrons. The smallest absolute Gasteiger partial charge is 0.316 e. The topological polar surface area (TPSA) is 83.5 Å². The normalized spacial score (nSPS) is 12.5. The van der Waals surface area contributed by atoms with Gasteiger partial charge in [-0.1, -0.05) is 24.3 Å². The van der Waals surface area contributed by atoms with Gasteiger partial charge in [0.1, 0.15) is 17.3 Å². The van der Waals surface area contributed by atoms with E-state index in [1.165, 1.54) is 6.92 Å². The first-order chi connectivity index (χ1) is 11.1. The average molecular weight is 333 g/mol. The summed E-state index contributed by atoms with van der Waals surface area (Å²) in [6.45, 7) is 6.67. The van der Waals surface area contributed by atoms with Gasteiger partial charge in [-0.3, -0.25) is 9.59 Å². The van der Waals surface area contributed by atoms with Gasteiger partial charge >= 0.3 is 5.97 Å². The van der Waals surface area contributed by atoms with Gasteiger partial charge in [0, 0.05) is 12.4 Å². The second-order valence-corrected chi connectivity index (χ2v) is 6.91. The Labute approximate surface area is 143 Å². The van der Waals surface area contributed by atoms with Crippen LogP contribution in [0.1, 0.15) is 51.7 Å². The molecule has 5 heteroatoms. The zero-order valence-electron chi connectivity index (χ0n) is 14.8. The molecule has 1 rings (SSSR count). The number of hydrogen-bond acceptors (Lipinski definition) is 5. The molecule has 0 aliphatic carbocycles. The van der Waals surface area contributed by atoms with Crippen LogP contribution < -0.4 is 5.11 Å². The highest BCUT2D eigenvalue weighted by Crippen LogP contribution is 2.19. The molecule has 0 N–H and O–H groups in total. The summed E-state index contributed by atoms with van der Waals surface area (Å²) in [6, 6.07) is 7.22. The van der Waals surface area contributed by atoms with Crippen LogP contribution in [0.2, 0.25) is 0 Å². The van der Waals surface area contributed by atoms with Crippen LogP contribution in [0.15, 0.2) is 24.3 Å². The van der Waals surface area contributed by atoms with Gasteiger partial charge in [0.05, 0.1) is 0 Å². The molecule has 1 aromatic carbocycles. The first-order valence-electron chi connectivity index (χ1n) is 8.10. The van der Waals surface area contributed by atoms with Crippen molar-refractivity contribution in [2.45, 2.75) is 59.0 Å². The molecule has 0 saturated carbocycles. The summed E-state index contributed by atoms with van der Waals surface area (Å²) in [4.78, 5) is 34.7. The van der Waals surface area contributed by atoms with Crippen molar-refractivity contribution in [3.05, 3.63) is 35.4 Å². The van der Waals surface area contributed by atoms with Crippen molar-refractivity contribution in [3.63, 3.8) is 0 Å². The fourth-order valence-electron chi connectivity index (χ4n) is 2.49. The Bertz CT molecular complexity index is 598. The molecular weight excluding hydrogens is 308 g/mol. The summed E-state index contributed by atoms with van der Waals surface area (Å²) in [5, 5.41) is 10.8. The Morgan fingerprint density at radius 2 is 1.71 bits per heavy atom. The van der Waals surface area contributed by atoms with Crippen LogP contribution in [-0.4, -0.2) is 23.3 Å². The van der Waals surface area contributed by atoms with Crippen LogP contribution in [0.5, 0.6) is 0 Å². The number of aryl methyl sites for hydroxylation is 1. The second kappa shape index (κ2) is 8.62. The Morgan fingerprint density at radius 3 is 2.21 bits per heavy atom. The van der Waals surface area contributed by atoms with E-state index in [1.807, 2.05) is 12.1 Å². The Hall–Kier alpha value is -2.17. The molecule has 0 aromatic heterocycles. The third kappa shape index (κ3) is 6.94. The van der Waals surface area contributed by atoms with Gasteiger partial charge in [0.2, 0.25) is 0 Å². The highest BCUT2D eigenvalue weighted by atomic mass is 16.6. The number of carboxylic acid groups (broad SMARTS) is 1. The molecule has 1 unspecified atom stereocenters. The van der Waals surface area contributed by atoms with Crippen LogP contribution >= 0.6 is 0 Å². The quantitative estimate of drug-likeness (QED) is 0.535. The average Bonchev–Trinajstić information content (AvgIpc) is 2.42. The fraction of sp³-hybridized carbons (Fsp3) is 0.526. The molecule has 0 bridgehead atoms. The van der Waals surface area contributed by atoms with Crippen LogP contribution in [0, 0.1) is 5.92 Å². The predicted molar refractivity (Wildman–Crippen MR) is 88.1 cm³/mol. The van der Waals surface area contributed by atoms with E-state index in [1.54, 1.807) is 32.9 Å². The Kier molecular flexibility index (Phi) is 7.14. The molecule has 0 radical (unpaired) electrons. The minimum Gasteiger partial charge on any atom is -0.550 e. The van der Waals surface area contributed by atoms with E-state index in [2.05, 4.69) is 0 Å². The fourth-order valence-corrected chi connectivity index (χ4v) is 2.49. The first-order valence-corrected chi connectivity index (χ1v) is 8.10. The van der Waals surface area contributed by atoms with Crippen LogP contribution in [0.4, 0.5) is 0 Å². The maximum atomic E-state index is 12.1. The number of hydrogen-bond donors (Lipinski definition) is 0. The van der Waals surface area contributed by atoms with E-state index in [0.29, 0.717) is 24.8 Å². The van der Waals surface area contributed by atoms with Crippen LogP contribution in [0.3, 0.4) is 0 Å². The van der Waals surface area contributed by atoms with E-state index in [0.717, 1.165) is 5.56 Å². The zero-order chi connectivity index (χ0) is 18.3. The molecule has 0 heterocycles. The molecule has 24 heavy (non-hydrogen) atoms. The van der Waals surface area contributed by atoms with Crippen molar-refractivity contribution in [1.29, 1.82) is 0 Å². The Morgan fingerprint density at radius 1 is 1.12 bits per heavy atom. The monoisotopic (exact) mass is 333 g/mol. The van der Waals surface area contributed by atoms with Crippen molar-refractivity contribution >= 4 is 17.7 Å². The minimum absolute atomic E-state index is 0.140. The lowest BCUT2D eigenvalue weighted by molar-refractivity contribution is -0.304. The summed E-state index contributed by atoms with van der Waals surface area (Å²) in [6.07, 6.45) is 1.42. The molecule has 0 saturated heterocycles. The lowest BCUT2D eigenvalue weighted by Crippen LogP contribution is -2.32. The van der Waals surface area contributed by atoms with Gasteiger partial charge in [-0.25, -0.2) is 0 Å². The van der Waals surface area contributed by atoms with Gasteiger partial charge in [0.15, 0.2) is 0 Å². The van der Waals surface area contributed by atoms with Crippen molar-refractivity contribution in [2.75, 3.05) is 0 Å². The summed E-state index contributed by atoms with van der Waals surface area (Å²) >= 11 is 0. The van der Waals surface area contributed by atoms with E-state index in [9.17, 15) is 19.5 Å². The first kappa shape index (κ1) is 19.9. The molecule has 0 spiro atoms. The number of benzene rings is 1. The van der Waals surface area contributed by atoms with Crippen LogP contribution in [0.25, 0.3) is 0 Å². The van der Waals surface area contributed by atoms with E-state index in [-0.39, 0.29) is 12.2 Å². The number of aliphatic carboxylic acids is 1. The van der Waals surface area contributed by atoms with Gasteiger partial charge in [-0.15, -0.1) is 0 Å². The maximum Gasteiger partial charge on any atom is 0.316 e. The number of Topliss-reactive ketones (excluding diaryl/α,β-unsaturated/α-hetero) is 1. The third-order valence-electron chi connectivity index (χ3n) is 3.57. The molecule has 0 fully saturated rings. The number of carbonyl (C=O) groups is 3. The van der Waals surface area contributed by atoms with E-state index >= 15 is 0 Å². The molecule has 5 nitrogen and oxygen atoms in total. The summed E-state index contributed by atoms with van der Waals surface area (Å²) < 4.78 is 5.29. The van der Waals surface area contributed by atoms with E-state index < -0.39 is 23.5 Å². The standard InChI is InChI=1S/C19H26O5/c1-13(20)16(18(23)24-19(2,3)4)11-7-10-14-8-5-6-9-15(14)12-17(21)22/h5-6,8-9,16H,7,10-12H2,1-4H3,(H,21,22)/p-1. The Balaban J connectivity index is 2.68. The number of esters is 1. The number of ether oxygens (including phenoxy) is 1. The van der Waals surface area contributed by atoms with Crippen molar-refractivity contribution in [2.24, 2.45) is 5.92 Å². The molecule has 1 aromatic rings. The minimum atomic E-state index is -1.13. The number of carboxylic acids is 1.